The van der Waals surface area contributed by atoms with Crippen molar-refractivity contribution in [3.63, 3.8) is 0 Å². The molecule has 0 aliphatic carbocycles. The van der Waals surface area contributed by atoms with Crippen LogP contribution in [0.2, 0.25) is 0 Å². The number of thioether (sulfide) groups is 1. The first-order chi connectivity index (χ1) is 19.4. The van der Waals surface area contributed by atoms with Gasteiger partial charge in [0.2, 0.25) is 5.17 Å². The van der Waals surface area contributed by atoms with Gasteiger partial charge in [-0.2, -0.15) is 15.1 Å². The summed E-state index contributed by atoms with van der Waals surface area (Å²) in [5.74, 6) is 0.971. The number of carbonyl (C=O) groups is 1. The molecule has 0 saturated carbocycles. The molecule has 0 atom stereocenters. The average Bonchev–Trinajstić information content (AvgIpc) is 3.34. The lowest BCUT2D eigenvalue weighted by molar-refractivity contribution is -0.114. The number of hydrazone groups is 1. The third kappa shape index (κ3) is 8.52. The third-order valence-electron chi connectivity index (χ3n) is 6.23. The van der Waals surface area contributed by atoms with Gasteiger partial charge in [-0.15, -0.1) is 0 Å². The van der Waals surface area contributed by atoms with Gasteiger partial charge in [-0.3, -0.25) is 10.2 Å². The highest BCUT2D eigenvalue weighted by molar-refractivity contribution is 9.10. The van der Waals surface area contributed by atoms with Gasteiger partial charge in [0.15, 0.2) is 5.84 Å². The van der Waals surface area contributed by atoms with E-state index in [4.69, 9.17) is 19.6 Å². The number of halogens is 1. The lowest BCUT2D eigenvalue weighted by Crippen LogP contribution is -2.35. The molecule has 2 aromatic rings. The maximum Gasteiger partial charge on any atom is 0.283 e. The summed E-state index contributed by atoms with van der Waals surface area (Å²) in [5, 5.41) is 16.1. The van der Waals surface area contributed by atoms with Gasteiger partial charge in [-0.25, -0.2) is 0 Å². The molecule has 0 radical (unpaired) electrons. The average molecular weight is 628 g/mol. The van der Waals surface area contributed by atoms with Crippen LogP contribution < -0.4 is 9.47 Å². The molecule has 40 heavy (non-hydrogen) atoms. The van der Waals surface area contributed by atoms with Gasteiger partial charge in [0.1, 0.15) is 29.8 Å². The number of carbonyl (C=O) groups excluding carboxylic acids is 1. The number of unbranched alkanes of at least 4 members (excludes halogenated alkanes) is 4. The fourth-order valence-electron chi connectivity index (χ4n) is 4.17. The summed E-state index contributed by atoms with van der Waals surface area (Å²) in [7, 11) is 0. The molecule has 2 heterocycles. The lowest BCUT2D eigenvalue weighted by atomic mass is 10.1. The first-order valence-electron chi connectivity index (χ1n) is 13.6. The van der Waals surface area contributed by atoms with E-state index < -0.39 is 5.91 Å². The fourth-order valence-corrected chi connectivity index (χ4v) is 5.47. The van der Waals surface area contributed by atoms with Gasteiger partial charge in [0, 0.05) is 10.0 Å². The minimum Gasteiger partial charge on any atom is -0.491 e. The Bertz CT molecular complexity index is 1310. The molecule has 2 aliphatic heterocycles. The van der Waals surface area contributed by atoms with Crippen LogP contribution in [-0.2, 0) is 9.53 Å². The summed E-state index contributed by atoms with van der Waals surface area (Å²) in [6.07, 6.45) is 8.32. The maximum atomic E-state index is 12.9. The fraction of sp³-hybridized carbons (Fsp3) is 0.400. The second-order valence-corrected chi connectivity index (χ2v) is 11.4. The zero-order valence-electron chi connectivity index (χ0n) is 23.0. The molecule has 1 N–H and O–H groups in total. The number of fused-ring (bicyclic) bond motifs is 1. The SMILES string of the molecule is CCCCCCCC1=NN2C(=N)/C(=C\c3cc(Br)ccc3OCCOCCOc3cccc(C)c3)C(=O)N=C2S1. The van der Waals surface area contributed by atoms with Gasteiger partial charge in [-0.05, 0) is 73.5 Å². The van der Waals surface area contributed by atoms with E-state index in [1.165, 1.54) is 36.0 Å². The summed E-state index contributed by atoms with van der Waals surface area (Å²) >= 11 is 4.87. The predicted molar refractivity (Wildman–Crippen MR) is 166 cm³/mol. The van der Waals surface area contributed by atoms with Crippen LogP contribution in [0.5, 0.6) is 11.5 Å². The van der Waals surface area contributed by atoms with E-state index in [2.05, 4.69) is 32.9 Å². The normalized spacial score (nSPS) is 15.8. The van der Waals surface area contributed by atoms with E-state index in [0.29, 0.717) is 42.9 Å². The van der Waals surface area contributed by atoms with Gasteiger partial charge in [0.25, 0.3) is 5.91 Å². The van der Waals surface area contributed by atoms with E-state index in [0.717, 1.165) is 40.1 Å². The number of aryl methyl sites for hydroxylation is 1. The molecular weight excluding hydrogens is 592 g/mol. The molecule has 2 aliphatic rings. The standard InChI is InChI=1S/C30H35BrN4O4S/c1-3-4-5-6-7-11-27-34-35-28(32)25(29(36)33-30(35)40-27)20-22-19-23(31)12-13-26(22)39-17-15-37-14-16-38-24-10-8-9-21(2)18-24/h8-10,12-13,18-20,32H,3-7,11,14-17H2,1-2H3/b25-20+,32-28?. The van der Waals surface area contributed by atoms with Crippen molar-refractivity contribution >= 4 is 55.7 Å². The highest BCUT2D eigenvalue weighted by atomic mass is 79.9. The lowest BCUT2D eigenvalue weighted by Gasteiger charge is -2.20. The Morgan fingerprint density at radius 3 is 2.62 bits per heavy atom. The monoisotopic (exact) mass is 626 g/mol. The number of nitrogens with zero attached hydrogens (tertiary/aromatic N) is 3. The number of ether oxygens (including phenoxy) is 3. The number of aliphatic imine (C=N–C) groups is 1. The number of hydrogen-bond donors (Lipinski definition) is 1. The number of nitrogens with one attached hydrogen (secondary N) is 1. The maximum absolute atomic E-state index is 12.9. The predicted octanol–water partition coefficient (Wildman–Crippen LogP) is 7.21. The molecule has 0 fully saturated rings. The van der Waals surface area contributed by atoms with Crippen LogP contribution in [0.3, 0.4) is 0 Å². The highest BCUT2D eigenvalue weighted by Crippen LogP contribution is 2.32. The van der Waals surface area contributed by atoms with Crippen LogP contribution in [0.1, 0.15) is 56.6 Å². The summed E-state index contributed by atoms with van der Waals surface area (Å²) in [5.41, 5.74) is 1.98. The first kappa shape index (κ1) is 30.0. The Morgan fingerprint density at radius 1 is 1.02 bits per heavy atom. The molecule has 212 valence electrons. The molecule has 1 amide bonds. The minimum atomic E-state index is -0.453. The topological polar surface area (TPSA) is 96.6 Å². The van der Waals surface area contributed by atoms with E-state index in [1.54, 1.807) is 6.08 Å². The number of benzene rings is 2. The zero-order valence-corrected chi connectivity index (χ0v) is 25.4. The molecule has 0 saturated heterocycles. The van der Waals surface area contributed by atoms with E-state index >= 15 is 0 Å². The van der Waals surface area contributed by atoms with Crippen molar-refractivity contribution in [1.82, 2.24) is 5.01 Å². The van der Waals surface area contributed by atoms with Crippen molar-refractivity contribution in [2.24, 2.45) is 10.1 Å². The molecule has 0 aromatic heterocycles. The Labute approximate surface area is 248 Å². The van der Waals surface area contributed by atoms with Crippen LogP contribution in [0.4, 0.5) is 0 Å². The largest absolute Gasteiger partial charge is 0.491 e. The second kappa shape index (κ2) is 15.2. The van der Waals surface area contributed by atoms with Gasteiger partial charge in [0.05, 0.1) is 18.8 Å². The van der Waals surface area contributed by atoms with Crippen LogP contribution in [0, 0.1) is 12.3 Å². The van der Waals surface area contributed by atoms with Crippen molar-refractivity contribution in [3.8, 4) is 11.5 Å². The molecule has 8 nitrogen and oxygen atoms in total. The van der Waals surface area contributed by atoms with Gasteiger partial charge < -0.3 is 14.2 Å². The molecule has 0 bridgehead atoms. The number of amides is 1. The molecular formula is C30H35BrN4O4S. The number of rotatable bonds is 15. The smallest absolute Gasteiger partial charge is 0.283 e. The third-order valence-corrected chi connectivity index (χ3v) is 7.69. The van der Waals surface area contributed by atoms with E-state index in [9.17, 15) is 4.79 Å². The van der Waals surface area contributed by atoms with Crippen LogP contribution in [0.25, 0.3) is 6.08 Å². The van der Waals surface area contributed by atoms with Crippen molar-refractivity contribution in [1.29, 1.82) is 5.41 Å². The van der Waals surface area contributed by atoms with Crippen molar-refractivity contribution in [2.75, 3.05) is 26.4 Å². The van der Waals surface area contributed by atoms with E-state index in [1.807, 2.05) is 49.4 Å². The Morgan fingerprint density at radius 2 is 1.82 bits per heavy atom. The Balaban J connectivity index is 1.32. The highest BCUT2D eigenvalue weighted by Gasteiger charge is 2.35. The Kier molecular flexibility index (Phi) is 11.4. The minimum absolute atomic E-state index is 0.0198. The molecule has 10 heteroatoms. The van der Waals surface area contributed by atoms with E-state index in [-0.39, 0.29) is 11.4 Å². The van der Waals surface area contributed by atoms with Crippen LogP contribution in [-0.4, -0.2) is 53.4 Å². The molecule has 4 rings (SSSR count). The second-order valence-electron chi connectivity index (χ2n) is 9.49. The quantitative estimate of drug-likeness (QED) is 0.166. The number of amidine groups is 2. The van der Waals surface area contributed by atoms with Crippen LogP contribution in [0.15, 0.2) is 62.6 Å². The van der Waals surface area contributed by atoms with Gasteiger partial charge >= 0.3 is 0 Å². The zero-order chi connectivity index (χ0) is 28.3. The summed E-state index contributed by atoms with van der Waals surface area (Å²) < 4.78 is 18.2. The summed E-state index contributed by atoms with van der Waals surface area (Å²) in [4.78, 5) is 17.1. The Hall–Kier alpha value is -2.95. The van der Waals surface area contributed by atoms with Crippen molar-refractivity contribution < 1.29 is 19.0 Å². The van der Waals surface area contributed by atoms with Gasteiger partial charge in [-0.1, -0.05) is 60.7 Å². The molecule has 2 aromatic carbocycles. The molecule has 0 spiro atoms. The van der Waals surface area contributed by atoms with Crippen molar-refractivity contribution in [2.45, 2.75) is 52.4 Å². The summed E-state index contributed by atoms with van der Waals surface area (Å²) in [6, 6.07) is 13.4. The molecule has 0 unspecified atom stereocenters. The van der Waals surface area contributed by atoms with Crippen molar-refractivity contribution in [3.05, 3.63) is 63.6 Å². The summed E-state index contributed by atoms with van der Waals surface area (Å²) in [6.45, 7) is 5.82. The van der Waals surface area contributed by atoms with Crippen LogP contribution >= 0.6 is 27.7 Å². The number of hydrogen-bond acceptors (Lipinski definition) is 7. The first-order valence-corrected chi connectivity index (χ1v) is 15.2.